The van der Waals surface area contributed by atoms with Crippen LogP contribution in [0.4, 0.5) is 4.39 Å². The van der Waals surface area contributed by atoms with Crippen molar-refractivity contribution in [2.24, 2.45) is 0 Å². The summed E-state index contributed by atoms with van der Waals surface area (Å²) in [7, 11) is 0. The van der Waals surface area contributed by atoms with Crippen molar-refractivity contribution in [3.63, 3.8) is 0 Å². The number of hydrogen-bond acceptors (Lipinski definition) is 2. The lowest BCUT2D eigenvalue weighted by molar-refractivity contribution is 0.0844. The van der Waals surface area contributed by atoms with Gasteiger partial charge in [-0.05, 0) is 30.3 Å². The van der Waals surface area contributed by atoms with Crippen molar-refractivity contribution in [1.82, 2.24) is 10.9 Å². The standard InChI is InChI=1S/C14H9Cl2FN2O2/c15-8-5-6-12(17)10(7-8)14(21)19-18-13(20)9-3-1-2-4-11(9)16/h1-7H,(H,18,20)(H,19,21). The average molecular weight is 327 g/mol. The van der Waals surface area contributed by atoms with E-state index in [1.54, 1.807) is 12.1 Å². The summed E-state index contributed by atoms with van der Waals surface area (Å²) in [5.41, 5.74) is 4.16. The van der Waals surface area contributed by atoms with E-state index in [9.17, 15) is 14.0 Å². The molecular formula is C14H9Cl2FN2O2. The first-order chi connectivity index (χ1) is 9.99. The number of nitrogens with one attached hydrogen (secondary N) is 2. The molecule has 21 heavy (non-hydrogen) atoms. The Morgan fingerprint density at radius 3 is 2.19 bits per heavy atom. The highest BCUT2D eigenvalue weighted by Crippen LogP contribution is 2.15. The molecule has 0 spiro atoms. The highest BCUT2D eigenvalue weighted by atomic mass is 35.5. The lowest BCUT2D eigenvalue weighted by Gasteiger charge is -2.09. The average Bonchev–Trinajstić information content (AvgIpc) is 2.47. The Labute approximate surface area is 129 Å². The topological polar surface area (TPSA) is 58.2 Å². The normalized spacial score (nSPS) is 10.0. The summed E-state index contributed by atoms with van der Waals surface area (Å²) in [6.07, 6.45) is 0. The van der Waals surface area contributed by atoms with E-state index < -0.39 is 17.6 Å². The maximum absolute atomic E-state index is 13.5. The SMILES string of the molecule is O=C(NNC(=O)c1ccccc1Cl)c1cc(Cl)ccc1F. The molecule has 0 bridgehead atoms. The molecule has 0 aliphatic heterocycles. The van der Waals surface area contributed by atoms with Crippen molar-refractivity contribution >= 4 is 35.0 Å². The van der Waals surface area contributed by atoms with Gasteiger partial charge in [0.05, 0.1) is 16.1 Å². The van der Waals surface area contributed by atoms with E-state index in [0.29, 0.717) is 0 Å². The minimum absolute atomic E-state index is 0.186. The summed E-state index contributed by atoms with van der Waals surface area (Å²) in [4.78, 5) is 23.6. The summed E-state index contributed by atoms with van der Waals surface area (Å²) in [5.74, 6) is -2.18. The van der Waals surface area contributed by atoms with Crippen LogP contribution in [-0.4, -0.2) is 11.8 Å². The third-order valence-electron chi connectivity index (χ3n) is 2.58. The number of carbonyl (C=O) groups is 2. The van der Waals surface area contributed by atoms with Gasteiger partial charge in [-0.25, -0.2) is 4.39 Å². The van der Waals surface area contributed by atoms with Crippen LogP contribution in [0.1, 0.15) is 20.7 Å². The molecule has 0 atom stereocenters. The molecule has 7 heteroatoms. The van der Waals surface area contributed by atoms with Gasteiger partial charge in [0.25, 0.3) is 11.8 Å². The van der Waals surface area contributed by atoms with E-state index in [-0.39, 0.29) is 21.2 Å². The zero-order chi connectivity index (χ0) is 15.4. The van der Waals surface area contributed by atoms with Crippen molar-refractivity contribution in [1.29, 1.82) is 0 Å². The van der Waals surface area contributed by atoms with E-state index >= 15 is 0 Å². The lowest BCUT2D eigenvalue weighted by atomic mass is 10.2. The molecule has 108 valence electrons. The predicted molar refractivity (Wildman–Crippen MR) is 77.8 cm³/mol. The van der Waals surface area contributed by atoms with Gasteiger partial charge in [-0.2, -0.15) is 0 Å². The fraction of sp³-hybridized carbons (Fsp3) is 0. The Balaban J connectivity index is 2.06. The van der Waals surface area contributed by atoms with Crippen LogP contribution in [0.3, 0.4) is 0 Å². The Kier molecular flexibility index (Phi) is 4.77. The third kappa shape index (κ3) is 3.71. The van der Waals surface area contributed by atoms with Crippen LogP contribution < -0.4 is 10.9 Å². The predicted octanol–water partition coefficient (Wildman–Crippen LogP) is 3.21. The van der Waals surface area contributed by atoms with Crippen LogP contribution in [-0.2, 0) is 0 Å². The van der Waals surface area contributed by atoms with Crippen molar-refractivity contribution < 1.29 is 14.0 Å². The highest BCUT2D eigenvalue weighted by Gasteiger charge is 2.14. The second-order valence-electron chi connectivity index (χ2n) is 4.01. The van der Waals surface area contributed by atoms with Crippen molar-refractivity contribution in [2.75, 3.05) is 0 Å². The van der Waals surface area contributed by atoms with Crippen molar-refractivity contribution in [3.8, 4) is 0 Å². The number of hydrazine groups is 1. The van der Waals surface area contributed by atoms with Crippen LogP contribution in [0.25, 0.3) is 0 Å². The molecule has 2 amide bonds. The Hall–Kier alpha value is -2.11. The van der Waals surface area contributed by atoms with Gasteiger partial charge in [-0.1, -0.05) is 35.3 Å². The van der Waals surface area contributed by atoms with E-state index in [0.717, 1.165) is 12.1 Å². The molecular weight excluding hydrogens is 318 g/mol. The first-order valence-electron chi connectivity index (χ1n) is 5.79. The van der Waals surface area contributed by atoms with Crippen LogP contribution in [0.5, 0.6) is 0 Å². The zero-order valence-corrected chi connectivity index (χ0v) is 12.0. The van der Waals surface area contributed by atoms with Gasteiger partial charge in [-0.3, -0.25) is 20.4 Å². The van der Waals surface area contributed by atoms with E-state index in [1.165, 1.54) is 18.2 Å². The molecule has 0 heterocycles. The number of benzene rings is 2. The van der Waals surface area contributed by atoms with Crippen LogP contribution in [0.2, 0.25) is 10.0 Å². The molecule has 0 aliphatic rings. The van der Waals surface area contributed by atoms with Gasteiger partial charge in [0.1, 0.15) is 5.82 Å². The molecule has 0 radical (unpaired) electrons. The van der Waals surface area contributed by atoms with Crippen LogP contribution >= 0.6 is 23.2 Å². The first-order valence-corrected chi connectivity index (χ1v) is 6.55. The summed E-state index contributed by atoms with van der Waals surface area (Å²) in [5, 5.41) is 0.442. The number of halogens is 3. The Morgan fingerprint density at radius 1 is 0.905 bits per heavy atom. The van der Waals surface area contributed by atoms with Gasteiger partial charge < -0.3 is 0 Å². The largest absolute Gasteiger partial charge is 0.272 e. The van der Waals surface area contributed by atoms with Gasteiger partial charge in [-0.15, -0.1) is 0 Å². The molecule has 0 saturated heterocycles. The number of amides is 2. The highest BCUT2D eigenvalue weighted by molar-refractivity contribution is 6.33. The van der Waals surface area contributed by atoms with Crippen molar-refractivity contribution in [3.05, 3.63) is 69.5 Å². The molecule has 4 nitrogen and oxygen atoms in total. The molecule has 0 unspecified atom stereocenters. The fourth-order valence-corrected chi connectivity index (χ4v) is 1.96. The second-order valence-corrected chi connectivity index (χ2v) is 4.86. The number of hydrogen-bond donors (Lipinski definition) is 2. The molecule has 2 aromatic carbocycles. The fourth-order valence-electron chi connectivity index (χ4n) is 1.57. The minimum atomic E-state index is -0.824. The summed E-state index contributed by atoms with van der Waals surface area (Å²) < 4.78 is 13.5. The molecule has 0 fully saturated rings. The van der Waals surface area contributed by atoms with E-state index in [4.69, 9.17) is 23.2 Å². The van der Waals surface area contributed by atoms with E-state index in [1.807, 2.05) is 0 Å². The van der Waals surface area contributed by atoms with Gasteiger partial charge >= 0.3 is 0 Å². The van der Waals surface area contributed by atoms with Gasteiger partial charge in [0.15, 0.2) is 0 Å². The lowest BCUT2D eigenvalue weighted by Crippen LogP contribution is -2.42. The zero-order valence-electron chi connectivity index (χ0n) is 10.5. The van der Waals surface area contributed by atoms with Crippen LogP contribution in [0, 0.1) is 5.82 Å². The smallest absolute Gasteiger partial charge is 0.267 e. The minimum Gasteiger partial charge on any atom is -0.267 e. The monoisotopic (exact) mass is 326 g/mol. The van der Waals surface area contributed by atoms with E-state index in [2.05, 4.69) is 10.9 Å². The number of rotatable bonds is 2. The molecule has 0 aromatic heterocycles. The van der Waals surface area contributed by atoms with Gasteiger partial charge in [0.2, 0.25) is 0 Å². The summed E-state index contributed by atoms with van der Waals surface area (Å²) >= 11 is 11.5. The Morgan fingerprint density at radius 2 is 1.52 bits per heavy atom. The quantitative estimate of drug-likeness (QED) is 0.832. The van der Waals surface area contributed by atoms with Crippen molar-refractivity contribution in [2.45, 2.75) is 0 Å². The summed E-state index contributed by atoms with van der Waals surface area (Å²) in [6.45, 7) is 0. The molecule has 2 rings (SSSR count). The Bertz CT molecular complexity index is 707. The van der Waals surface area contributed by atoms with Crippen LogP contribution in [0.15, 0.2) is 42.5 Å². The molecule has 2 N–H and O–H groups in total. The molecule has 0 saturated carbocycles. The first kappa shape index (κ1) is 15.3. The maximum Gasteiger partial charge on any atom is 0.272 e. The second kappa shape index (κ2) is 6.56. The number of carbonyl (C=O) groups excluding carboxylic acids is 2. The third-order valence-corrected chi connectivity index (χ3v) is 3.15. The molecule has 2 aromatic rings. The van der Waals surface area contributed by atoms with Gasteiger partial charge in [0, 0.05) is 5.02 Å². The summed E-state index contributed by atoms with van der Waals surface area (Å²) in [6, 6.07) is 9.86. The maximum atomic E-state index is 13.5. The molecule has 0 aliphatic carbocycles.